The van der Waals surface area contributed by atoms with Crippen LogP contribution in [-0.4, -0.2) is 36.1 Å². The lowest BCUT2D eigenvalue weighted by Crippen LogP contribution is -2.59. The van der Waals surface area contributed by atoms with Gasteiger partial charge in [-0.2, -0.15) is 0 Å². The average molecular weight is 353 g/mol. The van der Waals surface area contributed by atoms with Crippen LogP contribution in [0.2, 0.25) is 0 Å². The normalized spacial score (nSPS) is 20.4. The molecule has 118 valence electrons. The molecule has 1 aliphatic heterocycles. The van der Waals surface area contributed by atoms with Gasteiger partial charge in [0.2, 0.25) is 0 Å². The fourth-order valence-electron chi connectivity index (χ4n) is 3.53. The molecular formula is C18H29BrN2. The van der Waals surface area contributed by atoms with Crippen LogP contribution < -0.4 is 5.32 Å². The first kappa shape index (κ1) is 17.0. The standard InChI is InChI=1S/C18H29BrN2/c1-4-18(3,21-12-6-7-13-21)17(20-5-2)14-15-8-10-16(19)11-9-15/h8-11,17,20H,4-7,12-14H2,1-3H3. The summed E-state index contributed by atoms with van der Waals surface area (Å²) in [5, 5.41) is 3.76. The molecule has 2 unspecified atom stereocenters. The van der Waals surface area contributed by atoms with Gasteiger partial charge < -0.3 is 5.32 Å². The third-order valence-electron chi connectivity index (χ3n) is 5.10. The minimum atomic E-state index is 0.250. The molecule has 0 bridgehead atoms. The number of nitrogens with one attached hydrogen (secondary N) is 1. The van der Waals surface area contributed by atoms with Crippen LogP contribution in [0.25, 0.3) is 0 Å². The number of benzene rings is 1. The molecule has 0 amide bonds. The van der Waals surface area contributed by atoms with Crippen molar-refractivity contribution in [1.82, 2.24) is 10.2 Å². The van der Waals surface area contributed by atoms with Crippen LogP contribution in [0.3, 0.4) is 0 Å². The first-order valence-corrected chi connectivity index (χ1v) is 9.12. The molecule has 2 atom stereocenters. The topological polar surface area (TPSA) is 15.3 Å². The van der Waals surface area contributed by atoms with Crippen molar-refractivity contribution in [2.75, 3.05) is 19.6 Å². The number of rotatable bonds is 7. The molecule has 1 aliphatic rings. The smallest absolute Gasteiger partial charge is 0.0334 e. The summed E-state index contributed by atoms with van der Waals surface area (Å²) in [5.41, 5.74) is 1.67. The summed E-state index contributed by atoms with van der Waals surface area (Å²) in [5.74, 6) is 0. The van der Waals surface area contributed by atoms with Gasteiger partial charge in [0.15, 0.2) is 0 Å². The van der Waals surface area contributed by atoms with Crippen molar-refractivity contribution in [1.29, 1.82) is 0 Å². The Hall–Kier alpha value is -0.380. The fourth-order valence-corrected chi connectivity index (χ4v) is 3.80. The second-order valence-electron chi connectivity index (χ2n) is 6.35. The number of hydrogen-bond acceptors (Lipinski definition) is 2. The van der Waals surface area contributed by atoms with Crippen molar-refractivity contribution in [3.63, 3.8) is 0 Å². The van der Waals surface area contributed by atoms with Gasteiger partial charge in [-0.3, -0.25) is 4.90 Å². The molecule has 1 N–H and O–H groups in total. The Balaban J connectivity index is 2.17. The highest BCUT2D eigenvalue weighted by molar-refractivity contribution is 9.10. The Morgan fingerprint density at radius 2 is 1.81 bits per heavy atom. The predicted octanol–water partition coefficient (Wildman–Crippen LogP) is 4.23. The van der Waals surface area contributed by atoms with E-state index >= 15 is 0 Å². The van der Waals surface area contributed by atoms with Crippen molar-refractivity contribution in [3.05, 3.63) is 34.3 Å². The maximum Gasteiger partial charge on any atom is 0.0334 e. The zero-order chi connectivity index (χ0) is 15.3. The summed E-state index contributed by atoms with van der Waals surface area (Å²) in [6.07, 6.45) is 5.00. The number of nitrogens with zero attached hydrogens (tertiary/aromatic N) is 1. The van der Waals surface area contributed by atoms with Crippen LogP contribution in [0.15, 0.2) is 28.7 Å². The van der Waals surface area contributed by atoms with E-state index in [1.807, 2.05) is 0 Å². The number of likely N-dealkylation sites (tertiary alicyclic amines) is 1. The molecule has 1 heterocycles. The van der Waals surface area contributed by atoms with Crippen LogP contribution >= 0.6 is 15.9 Å². The molecule has 2 rings (SSSR count). The number of halogens is 1. The van der Waals surface area contributed by atoms with Crippen LogP contribution in [0.5, 0.6) is 0 Å². The van der Waals surface area contributed by atoms with Gasteiger partial charge in [-0.15, -0.1) is 0 Å². The third-order valence-corrected chi connectivity index (χ3v) is 5.63. The van der Waals surface area contributed by atoms with Crippen molar-refractivity contribution in [3.8, 4) is 0 Å². The molecule has 3 heteroatoms. The quantitative estimate of drug-likeness (QED) is 0.789. The SMILES string of the molecule is CCNC(Cc1ccc(Br)cc1)C(C)(CC)N1CCCC1. The summed E-state index contributed by atoms with van der Waals surface area (Å²) in [6.45, 7) is 10.5. The highest BCUT2D eigenvalue weighted by Crippen LogP contribution is 2.30. The van der Waals surface area contributed by atoms with Gasteiger partial charge >= 0.3 is 0 Å². The van der Waals surface area contributed by atoms with E-state index in [4.69, 9.17) is 0 Å². The van der Waals surface area contributed by atoms with Crippen LogP contribution in [0.1, 0.15) is 45.6 Å². The first-order chi connectivity index (χ1) is 10.1. The Bertz CT molecular complexity index is 425. The zero-order valence-electron chi connectivity index (χ0n) is 13.7. The monoisotopic (exact) mass is 352 g/mol. The molecule has 0 aromatic heterocycles. The van der Waals surface area contributed by atoms with E-state index in [-0.39, 0.29) is 5.54 Å². The highest BCUT2D eigenvalue weighted by atomic mass is 79.9. The largest absolute Gasteiger partial charge is 0.312 e. The van der Waals surface area contributed by atoms with Gasteiger partial charge in [-0.05, 0) is 69.9 Å². The van der Waals surface area contributed by atoms with Crippen LogP contribution in [-0.2, 0) is 6.42 Å². The van der Waals surface area contributed by atoms with Gasteiger partial charge in [0.1, 0.15) is 0 Å². The third kappa shape index (κ3) is 4.08. The van der Waals surface area contributed by atoms with Gasteiger partial charge in [0.05, 0.1) is 0 Å². The Morgan fingerprint density at radius 3 is 2.33 bits per heavy atom. The maximum absolute atomic E-state index is 3.76. The Morgan fingerprint density at radius 1 is 1.19 bits per heavy atom. The van der Waals surface area contributed by atoms with Crippen LogP contribution in [0, 0.1) is 0 Å². The maximum atomic E-state index is 3.76. The average Bonchev–Trinajstić information content (AvgIpc) is 3.03. The molecule has 0 spiro atoms. The summed E-state index contributed by atoms with van der Waals surface area (Å²) in [4.78, 5) is 2.71. The minimum absolute atomic E-state index is 0.250. The molecule has 1 fully saturated rings. The number of hydrogen-bond donors (Lipinski definition) is 1. The Kier molecular flexibility index (Phi) is 6.27. The van der Waals surface area contributed by atoms with Gasteiger partial charge in [-0.25, -0.2) is 0 Å². The predicted molar refractivity (Wildman–Crippen MR) is 94.8 cm³/mol. The minimum Gasteiger partial charge on any atom is -0.312 e. The molecule has 1 saturated heterocycles. The first-order valence-electron chi connectivity index (χ1n) is 8.33. The second-order valence-corrected chi connectivity index (χ2v) is 7.26. The van der Waals surface area contributed by atoms with Crippen molar-refractivity contribution in [2.45, 2.75) is 58.0 Å². The summed E-state index contributed by atoms with van der Waals surface area (Å²) >= 11 is 3.53. The van der Waals surface area contributed by atoms with E-state index in [1.54, 1.807) is 0 Å². The summed E-state index contributed by atoms with van der Waals surface area (Å²) in [6, 6.07) is 9.30. The molecule has 0 radical (unpaired) electrons. The van der Waals surface area contributed by atoms with Gasteiger partial charge in [0, 0.05) is 16.1 Å². The van der Waals surface area contributed by atoms with Crippen molar-refractivity contribution in [2.24, 2.45) is 0 Å². The van der Waals surface area contributed by atoms with E-state index in [9.17, 15) is 0 Å². The lowest BCUT2D eigenvalue weighted by molar-refractivity contribution is 0.0847. The summed E-state index contributed by atoms with van der Waals surface area (Å²) in [7, 11) is 0. The lowest BCUT2D eigenvalue weighted by Gasteiger charge is -2.45. The lowest BCUT2D eigenvalue weighted by atomic mass is 9.83. The molecular weight excluding hydrogens is 324 g/mol. The Labute approximate surface area is 138 Å². The number of likely N-dealkylation sites (N-methyl/N-ethyl adjacent to an activating group) is 1. The van der Waals surface area contributed by atoms with Gasteiger partial charge in [-0.1, -0.05) is 41.9 Å². The zero-order valence-corrected chi connectivity index (χ0v) is 15.2. The van der Waals surface area contributed by atoms with Crippen LogP contribution in [0.4, 0.5) is 0 Å². The van der Waals surface area contributed by atoms with E-state index in [1.165, 1.54) is 37.9 Å². The molecule has 2 nitrogen and oxygen atoms in total. The van der Waals surface area contributed by atoms with Gasteiger partial charge in [0.25, 0.3) is 0 Å². The molecule has 0 aliphatic carbocycles. The molecule has 1 aromatic carbocycles. The molecule has 21 heavy (non-hydrogen) atoms. The van der Waals surface area contributed by atoms with E-state index in [0.717, 1.165) is 17.4 Å². The fraction of sp³-hybridized carbons (Fsp3) is 0.667. The highest BCUT2D eigenvalue weighted by Gasteiger charge is 2.38. The van der Waals surface area contributed by atoms with Crippen molar-refractivity contribution < 1.29 is 0 Å². The van der Waals surface area contributed by atoms with E-state index in [0.29, 0.717) is 6.04 Å². The van der Waals surface area contributed by atoms with Crippen molar-refractivity contribution >= 4 is 15.9 Å². The van der Waals surface area contributed by atoms with E-state index < -0.39 is 0 Å². The van der Waals surface area contributed by atoms with E-state index in [2.05, 4.69) is 71.2 Å². The summed E-state index contributed by atoms with van der Waals surface area (Å²) < 4.78 is 1.16. The molecule has 0 saturated carbocycles. The molecule has 1 aromatic rings. The second kappa shape index (κ2) is 7.75.